The van der Waals surface area contributed by atoms with E-state index in [0.29, 0.717) is 0 Å². The molecule has 0 fully saturated rings. The van der Waals surface area contributed by atoms with Gasteiger partial charge in [0.15, 0.2) is 0 Å². The molecule has 0 saturated heterocycles. The summed E-state index contributed by atoms with van der Waals surface area (Å²) >= 11 is 0. The van der Waals surface area contributed by atoms with E-state index in [1.54, 1.807) is 7.05 Å². The summed E-state index contributed by atoms with van der Waals surface area (Å²) in [6.07, 6.45) is 6.63. The summed E-state index contributed by atoms with van der Waals surface area (Å²) < 4.78 is 28.1. The zero-order valence-electron chi connectivity index (χ0n) is 11.2. The molecule has 1 aliphatic rings. The highest BCUT2D eigenvalue weighted by Gasteiger charge is 2.24. The van der Waals surface area contributed by atoms with E-state index < -0.39 is 10.2 Å². The van der Waals surface area contributed by atoms with Crippen LogP contribution in [0.5, 0.6) is 0 Å². The van der Waals surface area contributed by atoms with Gasteiger partial charge in [-0.15, -0.1) is 0 Å². The van der Waals surface area contributed by atoms with Gasteiger partial charge in [-0.1, -0.05) is 11.6 Å². The molecule has 0 aliphatic heterocycles. The van der Waals surface area contributed by atoms with Crippen LogP contribution in [0, 0.1) is 0 Å². The molecule has 5 heteroatoms. The molecule has 1 atom stereocenters. The number of nitrogens with zero attached hydrogens (tertiary/aromatic N) is 1. The van der Waals surface area contributed by atoms with Crippen molar-refractivity contribution < 1.29 is 8.42 Å². The predicted octanol–water partition coefficient (Wildman–Crippen LogP) is 2.05. The monoisotopic (exact) mass is 260 g/mol. The van der Waals surface area contributed by atoms with Crippen molar-refractivity contribution in [3.8, 4) is 0 Å². The molecule has 0 aromatic rings. The fourth-order valence-electron chi connectivity index (χ4n) is 1.92. The molecule has 0 amide bonds. The average molecular weight is 260 g/mol. The van der Waals surface area contributed by atoms with Crippen LogP contribution in [0.25, 0.3) is 0 Å². The molecule has 0 bridgehead atoms. The minimum Gasteiger partial charge on any atom is -0.195 e. The summed E-state index contributed by atoms with van der Waals surface area (Å²) in [5.41, 5.74) is 1.22. The van der Waals surface area contributed by atoms with E-state index in [1.807, 2.05) is 20.8 Å². The number of hydrogen-bond acceptors (Lipinski definition) is 2. The van der Waals surface area contributed by atoms with E-state index >= 15 is 0 Å². The third-order valence-corrected chi connectivity index (χ3v) is 5.15. The van der Waals surface area contributed by atoms with Gasteiger partial charge in [-0.3, -0.25) is 0 Å². The first kappa shape index (κ1) is 14.7. The quantitative estimate of drug-likeness (QED) is 0.769. The average Bonchev–Trinajstić information content (AvgIpc) is 2.28. The molecule has 4 nitrogen and oxygen atoms in total. The van der Waals surface area contributed by atoms with Crippen LogP contribution >= 0.6 is 0 Å². The largest absolute Gasteiger partial charge is 0.279 e. The van der Waals surface area contributed by atoms with Crippen molar-refractivity contribution in [2.75, 3.05) is 7.05 Å². The van der Waals surface area contributed by atoms with E-state index in [2.05, 4.69) is 10.8 Å². The molecule has 1 rings (SSSR count). The smallest absolute Gasteiger partial charge is 0.195 e. The van der Waals surface area contributed by atoms with Gasteiger partial charge in [0, 0.05) is 19.1 Å². The van der Waals surface area contributed by atoms with E-state index in [9.17, 15) is 8.42 Å². The van der Waals surface area contributed by atoms with Gasteiger partial charge in [0.1, 0.15) is 0 Å². The molecule has 1 aliphatic carbocycles. The second kappa shape index (κ2) is 5.98. The van der Waals surface area contributed by atoms with Crippen LogP contribution in [0.2, 0.25) is 0 Å². The first-order chi connectivity index (χ1) is 7.84. The second-order valence-electron chi connectivity index (χ2n) is 4.98. The maximum atomic E-state index is 12.0. The number of hydrogen-bond donors (Lipinski definition) is 1. The first-order valence-electron chi connectivity index (χ1n) is 6.29. The fraction of sp³-hybridized carbons (Fsp3) is 0.833. The Kier molecular flexibility index (Phi) is 5.16. The molecule has 0 heterocycles. The zero-order chi connectivity index (χ0) is 13.1. The van der Waals surface area contributed by atoms with Crippen LogP contribution in [0.3, 0.4) is 0 Å². The third kappa shape index (κ3) is 4.08. The summed E-state index contributed by atoms with van der Waals surface area (Å²) in [5.74, 6) is 0. The highest BCUT2D eigenvalue weighted by Crippen LogP contribution is 2.20. The van der Waals surface area contributed by atoms with Crippen molar-refractivity contribution in [1.29, 1.82) is 0 Å². The lowest BCUT2D eigenvalue weighted by atomic mass is 9.95. The lowest BCUT2D eigenvalue weighted by Gasteiger charge is -2.26. The molecule has 0 aromatic heterocycles. The third-order valence-electron chi connectivity index (χ3n) is 3.31. The van der Waals surface area contributed by atoms with Crippen molar-refractivity contribution in [2.45, 2.75) is 58.5 Å². The van der Waals surface area contributed by atoms with Crippen molar-refractivity contribution in [2.24, 2.45) is 0 Å². The Morgan fingerprint density at radius 2 is 1.94 bits per heavy atom. The van der Waals surface area contributed by atoms with E-state index in [1.165, 1.54) is 16.3 Å². The predicted molar refractivity (Wildman–Crippen MR) is 71.0 cm³/mol. The Morgan fingerprint density at radius 1 is 1.29 bits per heavy atom. The van der Waals surface area contributed by atoms with E-state index in [0.717, 1.165) is 19.3 Å². The Balaban J connectivity index is 2.67. The lowest BCUT2D eigenvalue weighted by Crippen LogP contribution is -2.45. The van der Waals surface area contributed by atoms with E-state index in [-0.39, 0.29) is 12.1 Å². The Morgan fingerprint density at radius 3 is 2.41 bits per heavy atom. The van der Waals surface area contributed by atoms with Crippen LogP contribution in [0.15, 0.2) is 11.6 Å². The zero-order valence-corrected chi connectivity index (χ0v) is 12.0. The number of rotatable bonds is 5. The highest BCUT2D eigenvalue weighted by molar-refractivity contribution is 7.87. The van der Waals surface area contributed by atoms with Crippen LogP contribution in [0.4, 0.5) is 0 Å². The Bertz CT molecular complexity index is 374. The first-order valence-corrected chi connectivity index (χ1v) is 7.73. The maximum Gasteiger partial charge on any atom is 0.279 e. The summed E-state index contributed by atoms with van der Waals surface area (Å²) in [6, 6.07) is -0.124. The molecular formula is C12H24N2O2S. The Labute approximate surface area is 105 Å². The summed E-state index contributed by atoms with van der Waals surface area (Å²) in [6.45, 7) is 5.65. The maximum absolute atomic E-state index is 12.0. The standard InChI is InChI=1S/C12H24N2O2S/c1-10(2)14(4)17(15,16)13-11(3)12-8-6-5-7-9-12/h8,10-11,13H,5-7,9H2,1-4H3/t11-/m0/s1. The molecule has 0 aromatic carbocycles. The van der Waals surface area contributed by atoms with Gasteiger partial charge in [-0.2, -0.15) is 17.4 Å². The van der Waals surface area contributed by atoms with Gasteiger partial charge in [0.05, 0.1) is 0 Å². The topological polar surface area (TPSA) is 49.4 Å². The highest BCUT2D eigenvalue weighted by atomic mass is 32.2. The molecule has 0 saturated carbocycles. The van der Waals surface area contributed by atoms with Gasteiger partial charge in [-0.25, -0.2) is 0 Å². The van der Waals surface area contributed by atoms with Crippen LogP contribution in [-0.2, 0) is 10.2 Å². The van der Waals surface area contributed by atoms with Crippen molar-refractivity contribution in [3.05, 3.63) is 11.6 Å². The second-order valence-corrected chi connectivity index (χ2v) is 6.74. The minimum atomic E-state index is -3.37. The number of nitrogens with one attached hydrogen (secondary N) is 1. The molecule has 1 N–H and O–H groups in total. The van der Waals surface area contributed by atoms with Crippen molar-refractivity contribution in [3.63, 3.8) is 0 Å². The summed E-state index contributed by atoms with van der Waals surface area (Å²) in [5, 5.41) is 0. The van der Waals surface area contributed by atoms with Crippen molar-refractivity contribution >= 4 is 10.2 Å². The molecule has 100 valence electrons. The molecule has 17 heavy (non-hydrogen) atoms. The minimum absolute atomic E-state index is 0.0277. The number of allylic oxidation sites excluding steroid dienone is 1. The van der Waals surface area contributed by atoms with Gasteiger partial charge >= 0.3 is 0 Å². The normalized spacial score (nSPS) is 19.5. The SMILES string of the molecule is CC(C)N(C)S(=O)(=O)N[C@@H](C)C1=CCCCC1. The van der Waals surface area contributed by atoms with Gasteiger partial charge in [0.25, 0.3) is 10.2 Å². The van der Waals surface area contributed by atoms with Crippen LogP contribution < -0.4 is 4.72 Å². The molecule has 0 spiro atoms. The molecule has 0 radical (unpaired) electrons. The molecule has 0 unspecified atom stereocenters. The van der Waals surface area contributed by atoms with E-state index in [4.69, 9.17) is 0 Å². The lowest BCUT2D eigenvalue weighted by molar-refractivity contribution is 0.399. The fourth-order valence-corrected chi connectivity index (χ4v) is 3.24. The Hall–Kier alpha value is -0.390. The summed E-state index contributed by atoms with van der Waals surface area (Å²) in [7, 11) is -1.76. The van der Waals surface area contributed by atoms with Crippen LogP contribution in [-0.4, -0.2) is 31.9 Å². The van der Waals surface area contributed by atoms with Crippen LogP contribution in [0.1, 0.15) is 46.5 Å². The van der Waals surface area contributed by atoms with Gasteiger partial charge < -0.3 is 0 Å². The van der Waals surface area contributed by atoms with Gasteiger partial charge in [0.2, 0.25) is 0 Å². The van der Waals surface area contributed by atoms with Gasteiger partial charge in [-0.05, 0) is 46.5 Å². The molecular weight excluding hydrogens is 236 g/mol. The summed E-state index contributed by atoms with van der Waals surface area (Å²) in [4.78, 5) is 0. The van der Waals surface area contributed by atoms with Crippen molar-refractivity contribution in [1.82, 2.24) is 9.03 Å².